The molecule has 0 unspecified atom stereocenters. The van der Waals surface area contributed by atoms with Gasteiger partial charge < -0.3 is 9.30 Å². The first-order valence-electron chi connectivity index (χ1n) is 16.8. The predicted molar refractivity (Wildman–Crippen MR) is 199 cm³/mol. The molecular formula is C44H28N4O. The van der Waals surface area contributed by atoms with Crippen LogP contribution >= 0.6 is 0 Å². The van der Waals surface area contributed by atoms with Gasteiger partial charge in [-0.05, 0) is 72.5 Å². The molecule has 0 radical (unpaired) electrons. The Bertz CT molecular complexity index is 2920. The molecule has 0 amide bonds. The van der Waals surface area contributed by atoms with Crippen molar-refractivity contribution in [2.75, 3.05) is 0 Å². The summed E-state index contributed by atoms with van der Waals surface area (Å²) in [6.07, 6.45) is 10.6. The van der Waals surface area contributed by atoms with Crippen molar-refractivity contribution in [2.24, 2.45) is 0 Å². The van der Waals surface area contributed by atoms with E-state index in [0.717, 1.165) is 63.1 Å². The van der Waals surface area contributed by atoms with Crippen LogP contribution in [0.3, 0.4) is 0 Å². The number of hydrogen-bond donors (Lipinski definition) is 0. The minimum atomic E-state index is 0.647. The van der Waals surface area contributed by atoms with Gasteiger partial charge in [-0.3, -0.25) is 4.57 Å². The van der Waals surface area contributed by atoms with Crippen molar-refractivity contribution in [3.8, 4) is 34.4 Å². The van der Waals surface area contributed by atoms with Gasteiger partial charge >= 0.3 is 0 Å². The molecule has 0 bridgehead atoms. The number of hydrogen-bond acceptors (Lipinski definition) is 3. The van der Waals surface area contributed by atoms with Crippen LogP contribution in [0.4, 0.5) is 0 Å². The Morgan fingerprint density at radius 2 is 1.29 bits per heavy atom. The lowest BCUT2D eigenvalue weighted by molar-refractivity contribution is 0.486. The van der Waals surface area contributed by atoms with Crippen molar-refractivity contribution in [1.82, 2.24) is 19.1 Å². The second kappa shape index (κ2) is 10.0. The Morgan fingerprint density at radius 3 is 2.20 bits per heavy atom. The fourth-order valence-electron chi connectivity index (χ4n) is 8.16. The van der Waals surface area contributed by atoms with E-state index in [1.165, 1.54) is 43.9 Å². The van der Waals surface area contributed by atoms with Gasteiger partial charge in [0.1, 0.15) is 11.5 Å². The lowest BCUT2D eigenvalue weighted by Gasteiger charge is -2.21. The lowest BCUT2D eigenvalue weighted by Crippen LogP contribution is -2.06. The van der Waals surface area contributed by atoms with Crippen molar-refractivity contribution in [3.63, 3.8) is 0 Å². The molecule has 0 atom stereocenters. The fraction of sp³-hybridized carbons (Fsp3) is 0.0455. The second-order valence-corrected chi connectivity index (χ2v) is 12.9. The minimum absolute atomic E-state index is 0.647. The van der Waals surface area contributed by atoms with Crippen LogP contribution in [0.2, 0.25) is 0 Å². The van der Waals surface area contributed by atoms with Gasteiger partial charge in [-0.2, -0.15) is 0 Å². The van der Waals surface area contributed by atoms with Crippen LogP contribution in [-0.2, 0) is 12.8 Å². The van der Waals surface area contributed by atoms with E-state index in [4.69, 9.17) is 14.7 Å². The normalized spacial score (nSPS) is 14.9. The summed E-state index contributed by atoms with van der Waals surface area (Å²) in [6.45, 7) is 0. The first kappa shape index (κ1) is 26.6. The average Bonchev–Trinajstić information content (AvgIpc) is 3.65. The Morgan fingerprint density at radius 1 is 0.531 bits per heavy atom. The number of para-hydroxylation sites is 3. The minimum Gasteiger partial charge on any atom is -0.456 e. The third-order valence-electron chi connectivity index (χ3n) is 10.2. The van der Waals surface area contributed by atoms with E-state index < -0.39 is 0 Å². The van der Waals surface area contributed by atoms with E-state index in [9.17, 15) is 0 Å². The van der Waals surface area contributed by atoms with Gasteiger partial charge in [-0.1, -0.05) is 97.1 Å². The molecule has 0 spiro atoms. The van der Waals surface area contributed by atoms with E-state index in [2.05, 4.69) is 124 Å². The zero-order chi connectivity index (χ0) is 32.1. The molecule has 49 heavy (non-hydrogen) atoms. The number of rotatable bonds is 2. The summed E-state index contributed by atoms with van der Waals surface area (Å²) < 4.78 is 11.1. The number of fused-ring (bicyclic) bond motifs is 10. The molecule has 1 aliphatic heterocycles. The SMILES string of the molecule is C1=C\Cc2cccc(-n3c4ccccc4c4c3ccc3c5ccccc5n(-c5nc6c7c(cccc7n5)Oc5ccccc5-6)c34)c2C\C=C/1. The Balaban J connectivity index is 1.29. The maximum atomic E-state index is 6.33. The maximum Gasteiger partial charge on any atom is 0.235 e. The third-order valence-corrected chi connectivity index (χ3v) is 10.2. The number of ether oxygens (including phenoxy) is 1. The molecule has 4 heterocycles. The smallest absolute Gasteiger partial charge is 0.235 e. The molecule has 3 aromatic heterocycles. The fourth-order valence-corrected chi connectivity index (χ4v) is 8.16. The molecular weight excluding hydrogens is 601 g/mol. The summed E-state index contributed by atoms with van der Waals surface area (Å²) >= 11 is 0. The summed E-state index contributed by atoms with van der Waals surface area (Å²) in [5.41, 5.74) is 11.2. The Kier molecular flexibility index (Phi) is 5.44. The molecule has 9 aromatic rings. The van der Waals surface area contributed by atoms with Gasteiger partial charge in [0.25, 0.3) is 0 Å². The molecule has 0 saturated heterocycles. The van der Waals surface area contributed by atoms with Gasteiger partial charge in [0.15, 0.2) is 0 Å². The van der Waals surface area contributed by atoms with Crippen molar-refractivity contribution >= 4 is 54.5 Å². The predicted octanol–water partition coefficient (Wildman–Crippen LogP) is 10.8. The Hall–Kier alpha value is -6.46. The first-order valence-corrected chi connectivity index (χ1v) is 16.8. The monoisotopic (exact) mass is 628 g/mol. The van der Waals surface area contributed by atoms with Crippen molar-refractivity contribution in [1.29, 1.82) is 0 Å². The molecule has 6 aromatic carbocycles. The number of aromatic nitrogens is 4. The maximum absolute atomic E-state index is 6.33. The molecule has 0 saturated carbocycles. The number of allylic oxidation sites excluding steroid dienone is 4. The number of benzene rings is 6. The highest BCUT2D eigenvalue weighted by atomic mass is 16.5. The molecule has 5 heteroatoms. The summed E-state index contributed by atoms with van der Waals surface area (Å²) in [7, 11) is 0. The molecule has 5 nitrogen and oxygen atoms in total. The van der Waals surface area contributed by atoms with Crippen molar-refractivity contribution < 1.29 is 4.74 Å². The summed E-state index contributed by atoms with van der Waals surface area (Å²) in [4.78, 5) is 10.7. The van der Waals surface area contributed by atoms with E-state index in [1.54, 1.807) is 0 Å². The summed E-state index contributed by atoms with van der Waals surface area (Å²) in [5, 5.41) is 5.69. The van der Waals surface area contributed by atoms with Gasteiger partial charge in [0.05, 0.1) is 38.7 Å². The van der Waals surface area contributed by atoms with Crippen LogP contribution in [-0.4, -0.2) is 19.1 Å². The van der Waals surface area contributed by atoms with E-state index >= 15 is 0 Å². The van der Waals surface area contributed by atoms with E-state index in [-0.39, 0.29) is 0 Å². The molecule has 1 aliphatic carbocycles. The van der Waals surface area contributed by atoms with Crippen LogP contribution in [0, 0.1) is 0 Å². The standard InChI is InChI=1S/C44H28N4O/c1-2-4-15-28-27(13-3-1)14-11-22-34(28)47-36-21-9-6-17-31(36)40-37(47)26-25-30-29-16-5-8-20-35(29)48(43(30)40)44-45-33-19-12-24-39-41(33)42(46-44)32-18-7-10-23-38(32)49-39/h1-12,14,16-26H,13,15H2/b3-1-,4-2-. The molecule has 230 valence electrons. The zero-order valence-electron chi connectivity index (χ0n) is 26.5. The largest absolute Gasteiger partial charge is 0.456 e. The molecule has 2 aliphatic rings. The molecule has 11 rings (SSSR count). The van der Waals surface area contributed by atoms with Crippen LogP contribution in [0.15, 0.2) is 146 Å². The van der Waals surface area contributed by atoms with Gasteiger partial charge in [-0.15, -0.1) is 0 Å². The van der Waals surface area contributed by atoms with Crippen LogP contribution in [0.25, 0.3) is 77.4 Å². The van der Waals surface area contributed by atoms with Crippen LogP contribution in [0.1, 0.15) is 11.1 Å². The quantitative estimate of drug-likeness (QED) is 0.191. The van der Waals surface area contributed by atoms with Gasteiger partial charge in [-0.25, -0.2) is 9.97 Å². The van der Waals surface area contributed by atoms with Crippen molar-refractivity contribution in [2.45, 2.75) is 12.8 Å². The highest BCUT2D eigenvalue weighted by molar-refractivity contribution is 6.26. The van der Waals surface area contributed by atoms with Gasteiger partial charge in [0.2, 0.25) is 5.95 Å². The second-order valence-electron chi connectivity index (χ2n) is 12.9. The Labute approximate surface area is 281 Å². The number of nitrogens with zero attached hydrogens (tertiary/aromatic N) is 4. The molecule has 0 N–H and O–H groups in total. The summed E-state index contributed by atoms with van der Waals surface area (Å²) in [6, 6.07) is 43.0. The zero-order valence-corrected chi connectivity index (χ0v) is 26.5. The first-order chi connectivity index (χ1) is 24.3. The van der Waals surface area contributed by atoms with Crippen molar-refractivity contribution in [3.05, 3.63) is 157 Å². The third kappa shape index (κ3) is 3.70. The lowest BCUT2D eigenvalue weighted by atomic mass is 9.97. The van der Waals surface area contributed by atoms with Crippen LogP contribution < -0.4 is 4.74 Å². The summed E-state index contributed by atoms with van der Waals surface area (Å²) in [5.74, 6) is 2.24. The topological polar surface area (TPSA) is 44.9 Å². The van der Waals surface area contributed by atoms with E-state index in [0.29, 0.717) is 5.95 Å². The van der Waals surface area contributed by atoms with Gasteiger partial charge in [0, 0.05) is 32.8 Å². The van der Waals surface area contributed by atoms with E-state index in [1.807, 2.05) is 30.3 Å². The highest BCUT2D eigenvalue weighted by Crippen LogP contribution is 2.47. The average molecular weight is 629 g/mol. The highest BCUT2D eigenvalue weighted by Gasteiger charge is 2.26. The molecule has 0 fully saturated rings. The van der Waals surface area contributed by atoms with Crippen LogP contribution in [0.5, 0.6) is 11.5 Å².